The summed E-state index contributed by atoms with van der Waals surface area (Å²) in [6.07, 6.45) is 3.77. The maximum atomic E-state index is 11.8. The summed E-state index contributed by atoms with van der Waals surface area (Å²) in [5, 5.41) is 7.27. The van der Waals surface area contributed by atoms with Crippen molar-refractivity contribution in [2.24, 2.45) is 0 Å². The average Bonchev–Trinajstić information content (AvgIpc) is 2.83. The monoisotopic (exact) mass is 316 g/mol. The van der Waals surface area contributed by atoms with E-state index >= 15 is 0 Å². The molecule has 2 aromatic heterocycles. The van der Waals surface area contributed by atoms with Gasteiger partial charge in [0, 0.05) is 44.0 Å². The van der Waals surface area contributed by atoms with Crippen molar-refractivity contribution >= 4 is 5.91 Å². The van der Waals surface area contributed by atoms with Gasteiger partial charge in [-0.3, -0.25) is 14.3 Å². The molecule has 0 aromatic carbocycles. The van der Waals surface area contributed by atoms with Crippen LogP contribution < -0.4 is 10.9 Å². The summed E-state index contributed by atoms with van der Waals surface area (Å²) in [4.78, 5) is 23.3. The zero-order chi connectivity index (χ0) is 16.7. The van der Waals surface area contributed by atoms with E-state index < -0.39 is 0 Å². The summed E-state index contributed by atoms with van der Waals surface area (Å²) in [5.74, 6) is 0.0481. The van der Waals surface area contributed by atoms with Crippen molar-refractivity contribution in [3.63, 3.8) is 0 Å². The van der Waals surface area contributed by atoms with Crippen LogP contribution in [-0.2, 0) is 17.9 Å². The first-order valence-corrected chi connectivity index (χ1v) is 7.99. The molecule has 23 heavy (non-hydrogen) atoms. The topological polar surface area (TPSA) is 68.9 Å². The average molecular weight is 316 g/mol. The molecule has 0 aliphatic rings. The molecule has 0 saturated heterocycles. The molecular formula is C17H24N4O2. The van der Waals surface area contributed by atoms with E-state index in [1.165, 1.54) is 6.07 Å². The Hall–Kier alpha value is -2.37. The number of aryl methyl sites for hydroxylation is 4. The molecule has 6 nitrogen and oxygen atoms in total. The fraction of sp³-hybridized carbons (Fsp3) is 0.471. The largest absolute Gasteiger partial charge is 0.356 e. The zero-order valence-corrected chi connectivity index (χ0v) is 13.8. The lowest BCUT2D eigenvalue weighted by atomic mass is 10.3. The van der Waals surface area contributed by atoms with E-state index in [9.17, 15) is 9.59 Å². The number of amides is 1. The number of hydrogen-bond acceptors (Lipinski definition) is 3. The van der Waals surface area contributed by atoms with Gasteiger partial charge >= 0.3 is 0 Å². The minimum absolute atomic E-state index is 0.0105. The van der Waals surface area contributed by atoms with Crippen LogP contribution in [-0.4, -0.2) is 26.8 Å². The Kier molecular flexibility index (Phi) is 6.14. The number of aromatic nitrogens is 3. The van der Waals surface area contributed by atoms with E-state index in [0.29, 0.717) is 19.5 Å². The second-order valence-corrected chi connectivity index (χ2v) is 5.69. The van der Waals surface area contributed by atoms with Gasteiger partial charge in [-0.05, 0) is 38.8 Å². The first-order valence-electron chi connectivity index (χ1n) is 7.99. The second-order valence-electron chi connectivity index (χ2n) is 5.69. The molecule has 0 fully saturated rings. The second kappa shape index (κ2) is 8.31. The van der Waals surface area contributed by atoms with Crippen LogP contribution in [0.1, 0.15) is 30.7 Å². The summed E-state index contributed by atoms with van der Waals surface area (Å²) >= 11 is 0. The summed E-state index contributed by atoms with van der Waals surface area (Å²) in [7, 11) is 0. The van der Waals surface area contributed by atoms with Gasteiger partial charge in [0.15, 0.2) is 0 Å². The van der Waals surface area contributed by atoms with Crippen molar-refractivity contribution in [1.82, 2.24) is 19.7 Å². The Labute approximate surface area is 136 Å². The zero-order valence-electron chi connectivity index (χ0n) is 13.8. The van der Waals surface area contributed by atoms with Gasteiger partial charge in [-0.2, -0.15) is 5.10 Å². The van der Waals surface area contributed by atoms with Gasteiger partial charge in [0.2, 0.25) is 11.5 Å². The van der Waals surface area contributed by atoms with Gasteiger partial charge in [-0.1, -0.05) is 6.07 Å². The van der Waals surface area contributed by atoms with Crippen molar-refractivity contribution in [1.29, 1.82) is 0 Å². The number of rotatable bonds is 8. The quantitative estimate of drug-likeness (QED) is 0.753. The van der Waals surface area contributed by atoms with Crippen molar-refractivity contribution in [2.75, 3.05) is 6.54 Å². The SMILES string of the molecule is Cc1cc(C)n(CCCC(=O)NCCCn2ccccc2=O)n1. The predicted octanol–water partition coefficient (Wildman–Crippen LogP) is 1.65. The number of nitrogens with zero attached hydrogens (tertiary/aromatic N) is 3. The Morgan fingerprint density at radius 1 is 1.22 bits per heavy atom. The molecule has 0 atom stereocenters. The number of carbonyl (C=O) groups is 1. The first-order chi connectivity index (χ1) is 11.1. The summed E-state index contributed by atoms with van der Waals surface area (Å²) < 4.78 is 3.58. The van der Waals surface area contributed by atoms with E-state index in [-0.39, 0.29) is 11.5 Å². The normalized spacial score (nSPS) is 10.7. The molecule has 1 amide bonds. The molecule has 0 aliphatic carbocycles. The Bertz CT molecular complexity index is 703. The van der Waals surface area contributed by atoms with Crippen LogP contribution in [0.15, 0.2) is 35.3 Å². The van der Waals surface area contributed by atoms with Crippen LogP contribution in [0.2, 0.25) is 0 Å². The highest BCUT2D eigenvalue weighted by molar-refractivity contribution is 5.75. The predicted molar refractivity (Wildman–Crippen MR) is 89.3 cm³/mol. The van der Waals surface area contributed by atoms with E-state index in [1.54, 1.807) is 16.8 Å². The maximum absolute atomic E-state index is 11.8. The van der Waals surface area contributed by atoms with Crippen molar-refractivity contribution in [2.45, 2.75) is 46.2 Å². The highest BCUT2D eigenvalue weighted by atomic mass is 16.1. The standard InChI is InChI=1S/C17H24N4O2/c1-14-13-15(2)21(19-14)12-5-7-16(22)18-9-6-11-20-10-4-3-8-17(20)23/h3-4,8,10,13H,5-7,9,11-12H2,1-2H3,(H,18,22). The van der Waals surface area contributed by atoms with Gasteiger partial charge < -0.3 is 9.88 Å². The molecule has 0 radical (unpaired) electrons. The Balaban J connectivity index is 1.61. The molecule has 0 bridgehead atoms. The molecule has 6 heteroatoms. The molecule has 2 rings (SSSR count). The Morgan fingerprint density at radius 2 is 2.04 bits per heavy atom. The fourth-order valence-electron chi connectivity index (χ4n) is 2.50. The van der Waals surface area contributed by atoms with Crippen LogP contribution in [0.4, 0.5) is 0 Å². The molecule has 0 unspecified atom stereocenters. The van der Waals surface area contributed by atoms with Crippen LogP contribution in [0.25, 0.3) is 0 Å². The lowest BCUT2D eigenvalue weighted by molar-refractivity contribution is -0.121. The molecule has 1 N–H and O–H groups in total. The summed E-state index contributed by atoms with van der Waals surface area (Å²) in [5.41, 5.74) is 2.11. The molecule has 2 aromatic rings. The van der Waals surface area contributed by atoms with E-state index in [1.807, 2.05) is 30.7 Å². The van der Waals surface area contributed by atoms with Crippen LogP contribution >= 0.6 is 0 Å². The minimum Gasteiger partial charge on any atom is -0.356 e. The fourth-order valence-corrected chi connectivity index (χ4v) is 2.50. The van der Waals surface area contributed by atoms with Crippen LogP contribution in [0, 0.1) is 13.8 Å². The number of hydrogen-bond donors (Lipinski definition) is 1. The van der Waals surface area contributed by atoms with Gasteiger partial charge in [0.25, 0.3) is 0 Å². The van der Waals surface area contributed by atoms with Crippen LogP contribution in [0.5, 0.6) is 0 Å². The summed E-state index contributed by atoms with van der Waals surface area (Å²) in [6, 6.07) is 7.13. The van der Waals surface area contributed by atoms with Gasteiger partial charge in [-0.15, -0.1) is 0 Å². The molecule has 0 saturated carbocycles. The molecular weight excluding hydrogens is 292 g/mol. The highest BCUT2D eigenvalue weighted by Crippen LogP contribution is 2.03. The number of pyridine rings is 1. The first kappa shape index (κ1) is 17.0. The molecule has 124 valence electrons. The van der Waals surface area contributed by atoms with E-state index in [0.717, 1.165) is 30.8 Å². The van der Waals surface area contributed by atoms with Gasteiger partial charge in [0.1, 0.15) is 0 Å². The Morgan fingerprint density at radius 3 is 2.74 bits per heavy atom. The highest BCUT2D eigenvalue weighted by Gasteiger charge is 2.04. The van der Waals surface area contributed by atoms with Crippen molar-refractivity contribution in [3.8, 4) is 0 Å². The molecule has 0 aliphatic heterocycles. The van der Waals surface area contributed by atoms with Gasteiger partial charge in [-0.25, -0.2) is 0 Å². The summed E-state index contributed by atoms with van der Waals surface area (Å²) in [6.45, 7) is 5.94. The van der Waals surface area contributed by atoms with E-state index in [4.69, 9.17) is 0 Å². The number of carbonyl (C=O) groups excluding carboxylic acids is 1. The molecule has 0 spiro atoms. The number of nitrogens with one attached hydrogen (secondary N) is 1. The minimum atomic E-state index is -0.0105. The maximum Gasteiger partial charge on any atom is 0.250 e. The van der Waals surface area contributed by atoms with Crippen LogP contribution in [0.3, 0.4) is 0 Å². The molecule has 2 heterocycles. The lowest BCUT2D eigenvalue weighted by Gasteiger charge is -2.07. The lowest BCUT2D eigenvalue weighted by Crippen LogP contribution is -2.26. The third-order valence-corrected chi connectivity index (χ3v) is 3.67. The smallest absolute Gasteiger partial charge is 0.250 e. The van der Waals surface area contributed by atoms with Crippen molar-refractivity contribution < 1.29 is 4.79 Å². The third kappa shape index (κ3) is 5.39. The van der Waals surface area contributed by atoms with Gasteiger partial charge in [0.05, 0.1) is 5.69 Å². The third-order valence-electron chi connectivity index (χ3n) is 3.67. The van der Waals surface area contributed by atoms with E-state index in [2.05, 4.69) is 10.4 Å². The van der Waals surface area contributed by atoms with Crippen molar-refractivity contribution in [3.05, 3.63) is 52.2 Å².